The number of hydroxylamine groups is 2. The van der Waals surface area contributed by atoms with Gasteiger partial charge in [0.2, 0.25) is 0 Å². The first kappa shape index (κ1) is 26.1. The molecule has 2 N–H and O–H groups in total. The van der Waals surface area contributed by atoms with Gasteiger partial charge in [-0.05, 0) is 60.5 Å². The molecule has 0 aromatic carbocycles. The fraction of sp³-hybridized carbons (Fsp3) is 0.941. The number of hydrogen-bond acceptors (Lipinski definition) is 5. The van der Waals surface area contributed by atoms with Gasteiger partial charge in [0.25, 0.3) is 0 Å². The second-order valence-electron chi connectivity index (χ2n) is 6.43. The Labute approximate surface area is 193 Å². The summed E-state index contributed by atoms with van der Waals surface area (Å²) in [5, 5.41) is 2.53. The van der Waals surface area contributed by atoms with Crippen LogP contribution >= 0.6 is 31.9 Å². The Morgan fingerprint density at radius 1 is 1.12 bits per heavy atom. The summed E-state index contributed by atoms with van der Waals surface area (Å²) in [6, 6.07) is 0. The summed E-state index contributed by atoms with van der Waals surface area (Å²) in [6.07, 6.45) is 10.8. The maximum Gasteiger partial charge on any atom is 1.00 e. The number of hydrogen-bond donors (Lipinski definition) is 1. The van der Waals surface area contributed by atoms with Crippen LogP contribution in [0, 0.1) is 5.92 Å². The van der Waals surface area contributed by atoms with Crippen molar-refractivity contribution in [3.05, 3.63) is 0 Å². The molecule has 1 fully saturated rings. The second kappa shape index (κ2) is 17.3. The van der Waals surface area contributed by atoms with Crippen molar-refractivity contribution in [1.82, 2.24) is 5.06 Å². The number of nitrogens with zero attached hydrogens (tertiary/aromatic N) is 1. The summed E-state index contributed by atoms with van der Waals surface area (Å²) >= 11 is 6.86. The number of alkyl halides is 2. The molecule has 0 saturated carbocycles. The van der Waals surface area contributed by atoms with Crippen LogP contribution in [0.15, 0.2) is 0 Å². The summed E-state index contributed by atoms with van der Waals surface area (Å²) in [6.45, 7) is 2.18. The van der Waals surface area contributed by atoms with Crippen LogP contribution in [0.5, 0.6) is 0 Å². The molecule has 1 aliphatic rings. The minimum atomic E-state index is -0.613. The van der Waals surface area contributed by atoms with Crippen molar-refractivity contribution < 1.29 is 45.4 Å². The number of rotatable bonds is 12. The number of unbranched alkanes of at least 4 members (excludes halogenated alkanes) is 6. The number of carbonyl (C=O) groups excluding carboxylic acids is 1. The van der Waals surface area contributed by atoms with Gasteiger partial charge >= 0.3 is 35.7 Å². The average molecular weight is 496 g/mol. The van der Waals surface area contributed by atoms with E-state index in [4.69, 9.17) is 15.3 Å². The third-order valence-electron chi connectivity index (χ3n) is 4.40. The van der Waals surface area contributed by atoms with Crippen LogP contribution in [-0.4, -0.2) is 41.2 Å². The van der Waals surface area contributed by atoms with E-state index in [9.17, 15) is 4.79 Å². The van der Waals surface area contributed by atoms with E-state index < -0.39 is 6.16 Å². The maximum absolute atomic E-state index is 11.8. The van der Waals surface area contributed by atoms with Crippen LogP contribution in [0.4, 0.5) is 4.79 Å². The summed E-state index contributed by atoms with van der Waals surface area (Å²) in [7, 11) is 0. The first-order chi connectivity index (χ1) is 11.7. The molecule has 1 saturated heterocycles. The Balaban J connectivity index is 0. The molecule has 1 rings (SSSR count). The van der Waals surface area contributed by atoms with Gasteiger partial charge < -0.3 is 16.7 Å². The van der Waals surface area contributed by atoms with Gasteiger partial charge in [0.15, 0.2) is 5.01 Å². The standard InChI is InChI=1S/C17H32Br2N2O3.Na.H/c18-11-7-5-3-1-2-4-6-8-16(19)23-17(22)24-21-12-9-15(14-20)10-13-21;;/h15-16H,1-14,20H2;;/q;+1;-1. The molecule has 0 spiro atoms. The molecular formula is C17H33Br2N2NaO3. The predicted octanol–water partition coefficient (Wildman–Crippen LogP) is 2.08. The SMILES string of the molecule is NCC1CCN(OC(=O)OC(Br)CCCCCCCCCBr)CC1.[H-].[Na+]. The molecule has 5 nitrogen and oxygen atoms in total. The molecule has 0 aromatic heterocycles. The van der Waals surface area contributed by atoms with Crippen molar-refractivity contribution in [1.29, 1.82) is 0 Å². The molecule has 0 amide bonds. The Bertz CT molecular complexity index is 339. The molecule has 0 radical (unpaired) electrons. The molecule has 1 aliphatic heterocycles. The third-order valence-corrected chi connectivity index (χ3v) is 5.60. The van der Waals surface area contributed by atoms with E-state index in [1.807, 2.05) is 0 Å². The van der Waals surface area contributed by atoms with Crippen LogP contribution in [0.2, 0.25) is 0 Å². The summed E-state index contributed by atoms with van der Waals surface area (Å²) < 4.78 is 5.25. The number of carbonyl (C=O) groups is 1. The molecule has 1 atom stereocenters. The van der Waals surface area contributed by atoms with Gasteiger partial charge in [-0.1, -0.05) is 48.0 Å². The summed E-state index contributed by atoms with van der Waals surface area (Å²) in [5.74, 6) is 0.546. The number of halogens is 2. The van der Waals surface area contributed by atoms with Crippen molar-refractivity contribution >= 4 is 38.0 Å². The van der Waals surface area contributed by atoms with E-state index in [0.29, 0.717) is 12.5 Å². The van der Waals surface area contributed by atoms with Gasteiger partial charge in [0, 0.05) is 18.4 Å². The van der Waals surface area contributed by atoms with Crippen LogP contribution in [0.3, 0.4) is 0 Å². The zero-order valence-corrected chi connectivity index (χ0v) is 20.7. The second-order valence-corrected chi connectivity index (χ2v) is 8.24. The monoisotopic (exact) mass is 494 g/mol. The van der Waals surface area contributed by atoms with Crippen molar-refractivity contribution in [2.24, 2.45) is 11.7 Å². The molecule has 8 heteroatoms. The summed E-state index contributed by atoms with van der Waals surface area (Å²) in [5.41, 5.74) is 5.66. The quantitative estimate of drug-likeness (QED) is 0.194. The number of nitrogens with two attached hydrogens (primary N) is 1. The first-order valence-corrected chi connectivity index (χ1v) is 11.2. The predicted molar refractivity (Wildman–Crippen MR) is 105 cm³/mol. The normalized spacial score (nSPS) is 16.9. The van der Waals surface area contributed by atoms with Crippen molar-refractivity contribution in [3.8, 4) is 0 Å². The van der Waals surface area contributed by atoms with Gasteiger partial charge in [-0.25, -0.2) is 4.79 Å². The fourth-order valence-corrected chi connectivity index (χ4v) is 3.68. The van der Waals surface area contributed by atoms with E-state index >= 15 is 0 Å². The van der Waals surface area contributed by atoms with Gasteiger partial charge in [0.05, 0.1) is 0 Å². The van der Waals surface area contributed by atoms with E-state index in [2.05, 4.69) is 31.9 Å². The molecule has 1 heterocycles. The average Bonchev–Trinajstić information content (AvgIpc) is 2.58. The van der Waals surface area contributed by atoms with E-state index in [1.165, 1.54) is 38.5 Å². The van der Waals surface area contributed by atoms with E-state index in [0.717, 1.165) is 44.1 Å². The zero-order valence-electron chi connectivity index (χ0n) is 16.6. The van der Waals surface area contributed by atoms with Crippen LogP contribution < -0.4 is 35.3 Å². The van der Waals surface area contributed by atoms with Gasteiger partial charge in [0.1, 0.15) is 0 Å². The molecule has 25 heavy (non-hydrogen) atoms. The molecular weight excluding hydrogens is 463 g/mol. The topological polar surface area (TPSA) is 64.8 Å². The molecule has 0 aliphatic carbocycles. The molecule has 144 valence electrons. The number of piperidine rings is 1. The first-order valence-electron chi connectivity index (χ1n) is 9.19. The zero-order chi connectivity index (χ0) is 17.6. The van der Waals surface area contributed by atoms with Gasteiger partial charge in [-0.2, -0.15) is 0 Å². The minimum Gasteiger partial charge on any atom is -1.00 e. The number of ether oxygens (including phenoxy) is 1. The van der Waals surface area contributed by atoms with Crippen molar-refractivity contribution in [2.45, 2.75) is 69.2 Å². The van der Waals surface area contributed by atoms with Gasteiger partial charge in [-0.3, -0.25) is 0 Å². The Kier molecular flexibility index (Phi) is 18.1. The van der Waals surface area contributed by atoms with Crippen LogP contribution in [-0.2, 0) is 9.57 Å². The van der Waals surface area contributed by atoms with Crippen molar-refractivity contribution in [3.63, 3.8) is 0 Å². The Morgan fingerprint density at radius 2 is 1.68 bits per heavy atom. The Morgan fingerprint density at radius 3 is 2.24 bits per heavy atom. The van der Waals surface area contributed by atoms with Crippen LogP contribution in [0.25, 0.3) is 0 Å². The fourth-order valence-electron chi connectivity index (χ4n) is 2.81. The van der Waals surface area contributed by atoms with Gasteiger partial charge in [-0.15, -0.1) is 5.06 Å². The molecule has 0 bridgehead atoms. The third kappa shape index (κ3) is 13.9. The minimum absolute atomic E-state index is 0. The van der Waals surface area contributed by atoms with Crippen LogP contribution in [0.1, 0.15) is 65.6 Å². The van der Waals surface area contributed by atoms with E-state index in [1.54, 1.807) is 5.06 Å². The van der Waals surface area contributed by atoms with Crippen molar-refractivity contribution in [2.75, 3.05) is 25.0 Å². The largest absolute Gasteiger partial charge is 1.00 e. The molecule has 0 aromatic rings. The smallest absolute Gasteiger partial charge is 1.00 e. The summed E-state index contributed by atoms with van der Waals surface area (Å²) in [4.78, 5) is 17.0. The maximum atomic E-state index is 11.8. The van der Waals surface area contributed by atoms with E-state index in [-0.39, 0.29) is 36.0 Å². The Hall–Kier alpha value is 1.15. The molecule has 1 unspecified atom stereocenters.